The molecule has 2 aromatic carbocycles. The number of fused-ring (bicyclic) bond motifs is 1. The van der Waals surface area contributed by atoms with Crippen LogP contribution in [-0.4, -0.2) is 22.8 Å². The first-order valence-electron chi connectivity index (χ1n) is 9.49. The molecule has 2 aliphatic heterocycles. The quantitative estimate of drug-likeness (QED) is 0.462. The lowest BCUT2D eigenvalue weighted by molar-refractivity contribution is -0.113. The van der Waals surface area contributed by atoms with Crippen LogP contribution >= 0.6 is 24.0 Å². The van der Waals surface area contributed by atoms with Gasteiger partial charge in [-0.05, 0) is 67.7 Å². The third-order valence-corrected chi connectivity index (χ3v) is 7.07. The van der Waals surface area contributed by atoms with Gasteiger partial charge in [0.1, 0.15) is 0 Å². The molecular weight excluding hydrogens is 384 g/mol. The van der Waals surface area contributed by atoms with E-state index < -0.39 is 0 Å². The van der Waals surface area contributed by atoms with Gasteiger partial charge in [0.05, 0.1) is 10.6 Å². The number of thiocarbonyl (C=S) groups is 1. The van der Waals surface area contributed by atoms with E-state index in [0.29, 0.717) is 15.1 Å². The van der Waals surface area contributed by atoms with Gasteiger partial charge in [0, 0.05) is 18.3 Å². The minimum absolute atomic E-state index is 0.0507. The minimum atomic E-state index is -0.0507. The topological polar surface area (TPSA) is 23.6 Å². The van der Waals surface area contributed by atoms with Crippen LogP contribution in [0.2, 0.25) is 0 Å². The third-order valence-electron chi connectivity index (χ3n) is 5.76. The van der Waals surface area contributed by atoms with Crippen molar-refractivity contribution >= 4 is 51.7 Å². The molecule has 1 fully saturated rings. The highest BCUT2D eigenvalue weighted by Crippen LogP contribution is 2.43. The van der Waals surface area contributed by atoms with Gasteiger partial charge in [-0.2, -0.15) is 0 Å². The number of anilines is 2. The van der Waals surface area contributed by atoms with Crippen molar-refractivity contribution < 1.29 is 4.79 Å². The summed E-state index contributed by atoms with van der Waals surface area (Å²) < 4.78 is 0.579. The summed E-state index contributed by atoms with van der Waals surface area (Å²) in [6, 6.07) is 16.1. The van der Waals surface area contributed by atoms with Crippen molar-refractivity contribution in [1.82, 2.24) is 0 Å². The molecule has 28 heavy (non-hydrogen) atoms. The fourth-order valence-corrected chi connectivity index (χ4v) is 5.40. The Kier molecular flexibility index (Phi) is 4.84. The van der Waals surface area contributed by atoms with E-state index in [9.17, 15) is 4.79 Å². The molecule has 1 saturated heterocycles. The SMILES string of the molecule is CC1CC(C)(C)N(C)c2ccc(/C=C3/SC(=S)N(c4ccccc4)C3=O)cc21. The van der Waals surface area contributed by atoms with E-state index in [0.717, 1.165) is 17.7 Å². The third kappa shape index (κ3) is 3.27. The summed E-state index contributed by atoms with van der Waals surface area (Å²) in [4.78, 5) is 17.6. The Hall–Kier alpha value is -2.11. The molecule has 2 aliphatic rings. The van der Waals surface area contributed by atoms with Crippen LogP contribution in [-0.2, 0) is 4.79 Å². The van der Waals surface area contributed by atoms with Crippen molar-refractivity contribution in [2.24, 2.45) is 0 Å². The van der Waals surface area contributed by atoms with Crippen LogP contribution < -0.4 is 9.80 Å². The second kappa shape index (κ2) is 7.05. The Bertz CT molecular complexity index is 981. The maximum Gasteiger partial charge on any atom is 0.270 e. The second-order valence-electron chi connectivity index (χ2n) is 8.15. The molecule has 2 heterocycles. The Morgan fingerprint density at radius 1 is 1.18 bits per heavy atom. The van der Waals surface area contributed by atoms with E-state index >= 15 is 0 Å². The van der Waals surface area contributed by atoms with Crippen LogP contribution in [0.1, 0.15) is 44.2 Å². The van der Waals surface area contributed by atoms with Crippen LogP contribution in [0.15, 0.2) is 53.4 Å². The number of thioether (sulfide) groups is 1. The van der Waals surface area contributed by atoms with Crippen molar-refractivity contribution in [3.8, 4) is 0 Å². The normalized spacial score (nSPS) is 22.7. The average molecular weight is 409 g/mol. The highest BCUT2D eigenvalue weighted by molar-refractivity contribution is 8.27. The lowest BCUT2D eigenvalue weighted by Crippen LogP contribution is -2.45. The zero-order chi connectivity index (χ0) is 20.1. The molecule has 5 heteroatoms. The Labute approximate surface area is 176 Å². The van der Waals surface area contributed by atoms with Gasteiger partial charge in [0.2, 0.25) is 0 Å². The van der Waals surface area contributed by atoms with Gasteiger partial charge in [0.25, 0.3) is 5.91 Å². The Morgan fingerprint density at radius 2 is 1.89 bits per heavy atom. The smallest absolute Gasteiger partial charge is 0.270 e. The summed E-state index contributed by atoms with van der Waals surface area (Å²) in [5, 5.41) is 0. The number of amides is 1. The first-order valence-corrected chi connectivity index (χ1v) is 10.7. The molecule has 2 aromatic rings. The minimum Gasteiger partial charge on any atom is -0.369 e. The largest absolute Gasteiger partial charge is 0.369 e. The Morgan fingerprint density at radius 3 is 2.61 bits per heavy atom. The number of benzene rings is 2. The molecule has 0 spiro atoms. The van der Waals surface area contributed by atoms with Crippen LogP contribution in [0, 0.1) is 0 Å². The molecule has 0 bridgehead atoms. The summed E-state index contributed by atoms with van der Waals surface area (Å²) in [5.41, 5.74) is 4.63. The number of hydrogen-bond donors (Lipinski definition) is 0. The zero-order valence-electron chi connectivity index (χ0n) is 16.6. The zero-order valence-corrected chi connectivity index (χ0v) is 18.2. The predicted octanol–water partition coefficient (Wildman–Crippen LogP) is 5.81. The second-order valence-corrected chi connectivity index (χ2v) is 9.82. The summed E-state index contributed by atoms with van der Waals surface area (Å²) in [6.07, 6.45) is 3.07. The van der Waals surface area contributed by atoms with Crippen LogP contribution in [0.3, 0.4) is 0 Å². The molecule has 1 amide bonds. The van der Waals surface area contributed by atoms with E-state index in [1.807, 2.05) is 36.4 Å². The molecule has 144 valence electrons. The van der Waals surface area contributed by atoms with Crippen LogP contribution in [0.4, 0.5) is 11.4 Å². The molecule has 0 N–H and O–H groups in total. The van der Waals surface area contributed by atoms with E-state index in [-0.39, 0.29) is 11.4 Å². The van der Waals surface area contributed by atoms with E-state index in [2.05, 4.69) is 50.9 Å². The summed E-state index contributed by atoms with van der Waals surface area (Å²) in [6.45, 7) is 6.86. The molecule has 3 nitrogen and oxygen atoms in total. The van der Waals surface area contributed by atoms with Crippen molar-refractivity contribution in [3.63, 3.8) is 0 Å². The fraction of sp³-hybridized carbons (Fsp3) is 0.304. The number of nitrogens with zero attached hydrogens (tertiary/aromatic N) is 2. The van der Waals surface area contributed by atoms with Crippen molar-refractivity contribution in [2.75, 3.05) is 16.8 Å². The standard InChI is InChI=1S/C23H24N2OS2/c1-15-14-23(2,3)24(4)19-11-10-16(12-18(15)19)13-20-21(26)25(22(27)28-20)17-8-6-5-7-9-17/h5-13,15H,14H2,1-4H3/b20-13+. The molecule has 0 radical (unpaired) electrons. The number of rotatable bonds is 2. The van der Waals surface area contributed by atoms with Crippen molar-refractivity contribution in [2.45, 2.75) is 38.6 Å². The van der Waals surface area contributed by atoms with Crippen molar-refractivity contribution in [3.05, 3.63) is 64.6 Å². The number of hydrogen-bond acceptors (Lipinski definition) is 4. The summed E-state index contributed by atoms with van der Waals surface area (Å²) in [5.74, 6) is 0.429. The molecule has 0 aliphatic carbocycles. The maximum absolute atomic E-state index is 13.0. The predicted molar refractivity (Wildman–Crippen MR) is 124 cm³/mol. The van der Waals surface area contributed by atoms with Gasteiger partial charge < -0.3 is 4.90 Å². The summed E-state index contributed by atoms with van der Waals surface area (Å²) >= 11 is 6.84. The van der Waals surface area contributed by atoms with Gasteiger partial charge in [-0.3, -0.25) is 9.69 Å². The molecule has 0 aromatic heterocycles. The monoisotopic (exact) mass is 408 g/mol. The first kappa shape index (κ1) is 19.2. The number of para-hydroxylation sites is 1. The van der Waals surface area contributed by atoms with Crippen molar-refractivity contribution in [1.29, 1.82) is 0 Å². The van der Waals surface area contributed by atoms with Gasteiger partial charge >= 0.3 is 0 Å². The molecule has 1 atom stereocenters. The molecule has 4 rings (SSSR count). The summed E-state index contributed by atoms with van der Waals surface area (Å²) in [7, 11) is 2.16. The van der Waals surface area contributed by atoms with Gasteiger partial charge in [-0.25, -0.2) is 0 Å². The van der Waals surface area contributed by atoms with Crippen LogP contribution in [0.25, 0.3) is 6.08 Å². The number of carbonyl (C=O) groups is 1. The van der Waals surface area contributed by atoms with E-state index in [1.54, 1.807) is 4.90 Å². The average Bonchev–Trinajstić information content (AvgIpc) is 2.93. The highest BCUT2D eigenvalue weighted by atomic mass is 32.2. The van der Waals surface area contributed by atoms with Gasteiger partial charge in [0.15, 0.2) is 4.32 Å². The first-order chi connectivity index (χ1) is 13.3. The Balaban J connectivity index is 1.67. The number of carbonyl (C=O) groups excluding carboxylic acids is 1. The molecular formula is C23H24N2OS2. The fourth-order valence-electron chi connectivity index (χ4n) is 4.10. The van der Waals surface area contributed by atoms with E-state index in [1.165, 1.54) is 23.0 Å². The van der Waals surface area contributed by atoms with Crippen LogP contribution in [0.5, 0.6) is 0 Å². The lowest BCUT2D eigenvalue weighted by atomic mass is 9.80. The molecule has 0 saturated carbocycles. The molecule has 1 unspecified atom stereocenters. The lowest BCUT2D eigenvalue weighted by Gasteiger charge is -2.45. The van der Waals surface area contributed by atoms with Gasteiger partial charge in [-0.15, -0.1) is 0 Å². The maximum atomic E-state index is 13.0. The van der Waals surface area contributed by atoms with Gasteiger partial charge in [-0.1, -0.05) is 55.2 Å². The van der Waals surface area contributed by atoms with E-state index in [4.69, 9.17) is 12.2 Å². The highest BCUT2D eigenvalue weighted by Gasteiger charge is 2.35.